The first-order chi connectivity index (χ1) is 8.00. The Bertz CT molecular complexity index is 389. The van der Waals surface area contributed by atoms with Crippen molar-refractivity contribution in [3.8, 4) is 0 Å². The molecule has 0 saturated heterocycles. The van der Waals surface area contributed by atoms with Crippen LogP contribution in [0.5, 0.6) is 0 Å². The van der Waals surface area contributed by atoms with Gasteiger partial charge in [0.1, 0.15) is 0 Å². The van der Waals surface area contributed by atoms with Crippen molar-refractivity contribution in [1.29, 1.82) is 0 Å². The van der Waals surface area contributed by atoms with Crippen LogP contribution in [0.1, 0.15) is 30.6 Å². The van der Waals surface area contributed by atoms with Gasteiger partial charge in [-0.15, -0.1) is 0 Å². The fourth-order valence-electron chi connectivity index (χ4n) is 1.62. The summed E-state index contributed by atoms with van der Waals surface area (Å²) in [6.07, 6.45) is 0.528. The summed E-state index contributed by atoms with van der Waals surface area (Å²) in [7, 11) is 1.78. The highest BCUT2D eigenvalue weighted by atomic mass is 16.3. The zero-order valence-corrected chi connectivity index (χ0v) is 10.6. The van der Waals surface area contributed by atoms with E-state index in [1.54, 1.807) is 13.1 Å². The molecule has 1 rings (SSSR count). The molecule has 0 unspecified atom stereocenters. The second-order valence-corrected chi connectivity index (χ2v) is 4.61. The minimum Gasteiger partial charge on any atom is -0.396 e. The molecule has 1 amide bonds. The van der Waals surface area contributed by atoms with Crippen LogP contribution in [0.15, 0.2) is 24.3 Å². The first-order valence-electron chi connectivity index (χ1n) is 5.70. The number of nitrogens with one attached hydrogen (secondary N) is 2. The number of anilines is 1. The molecule has 4 nitrogen and oxygen atoms in total. The number of para-hydroxylation sites is 1. The van der Waals surface area contributed by atoms with Gasteiger partial charge >= 0.3 is 0 Å². The summed E-state index contributed by atoms with van der Waals surface area (Å²) < 4.78 is 0. The van der Waals surface area contributed by atoms with E-state index in [4.69, 9.17) is 5.11 Å². The number of aliphatic hydroxyl groups excluding tert-OH is 1. The average molecular weight is 236 g/mol. The summed E-state index contributed by atoms with van der Waals surface area (Å²) in [5, 5.41) is 14.8. The second-order valence-electron chi connectivity index (χ2n) is 4.61. The van der Waals surface area contributed by atoms with Crippen LogP contribution in [0, 0.1) is 0 Å². The molecule has 0 aromatic heterocycles. The fourth-order valence-corrected chi connectivity index (χ4v) is 1.62. The van der Waals surface area contributed by atoms with Gasteiger partial charge in [0.05, 0.1) is 5.56 Å². The highest BCUT2D eigenvalue weighted by molar-refractivity contribution is 5.99. The Morgan fingerprint density at radius 3 is 2.59 bits per heavy atom. The SMILES string of the molecule is CNc1ccccc1C(=O)NC(C)(C)CCO. The first kappa shape index (κ1) is 13.5. The number of benzene rings is 1. The molecule has 1 aromatic rings. The topological polar surface area (TPSA) is 61.4 Å². The van der Waals surface area contributed by atoms with Gasteiger partial charge < -0.3 is 15.7 Å². The van der Waals surface area contributed by atoms with E-state index in [2.05, 4.69) is 10.6 Å². The molecule has 17 heavy (non-hydrogen) atoms. The molecular weight excluding hydrogens is 216 g/mol. The highest BCUT2D eigenvalue weighted by Crippen LogP contribution is 2.16. The number of hydrogen-bond acceptors (Lipinski definition) is 3. The lowest BCUT2D eigenvalue weighted by Gasteiger charge is -2.25. The zero-order chi connectivity index (χ0) is 12.9. The predicted molar refractivity (Wildman–Crippen MR) is 69.2 cm³/mol. The Kier molecular flexibility index (Phi) is 4.52. The van der Waals surface area contributed by atoms with Crippen LogP contribution in [0.3, 0.4) is 0 Å². The molecule has 0 heterocycles. The zero-order valence-electron chi connectivity index (χ0n) is 10.6. The van der Waals surface area contributed by atoms with Gasteiger partial charge in [0.15, 0.2) is 0 Å². The van der Waals surface area contributed by atoms with Gasteiger partial charge in [-0.2, -0.15) is 0 Å². The Morgan fingerprint density at radius 1 is 1.35 bits per heavy atom. The van der Waals surface area contributed by atoms with E-state index < -0.39 is 5.54 Å². The maximum Gasteiger partial charge on any atom is 0.253 e. The standard InChI is InChI=1S/C13H20N2O2/c1-13(2,8-9-16)15-12(17)10-6-4-5-7-11(10)14-3/h4-7,14,16H,8-9H2,1-3H3,(H,15,17). The van der Waals surface area contributed by atoms with E-state index in [0.29, 0.717) is 12.0 Å². The molecule has 0 aliphatic heterocycles. The third-order valence-corrected chi connectivity index (χ3v) is 2.63. The maximum absolute atomic E-state index is 12.1. The molecule has 0 saturated carbocycles. The quantitative estimate of drug-likeness (QED) is 0.728. The van der Waals surface area contributed by atoms with Crippen LogP contribution in [0.2, 0.25) is 0 Å². The summed E-state index contributed by atoms with van der Waals surface area (Å²) in [6, 6.07) is 7.33. The largest absolute Gasteiger partial charge is 0.396 e. The summed E-state index contributed by atoms with van der Waals surface area (Å²) in [5.74, 6) is -0.131. The van der Waals surface area contributed by atoms with Crippen molar-refractivity contribution in [1.82, 2.24) is 5.32 Å². The van der Waals surface area contributed by atoms with Crippen molar-refractivity contribution in [2.45, 2.75) is 25.8 Å². The summed E-state index contributed by atoms with van der Waals surface area (Å²) in [6.45, 7) is 3.84. The van der Waals surface area contributed by atoms with Crippen LogP contribution < -0.4 is 10.6 Å². The Hall–Kier alpha value is -1.55. The van der Waals surface area contributed by atoms with Gasteiger partial charge in [-0.05, 0) is 32.4 Å². The van der Waals surface area contributed by atoms with Crippen molar-refractivity contribution in [3.05, 3.63) is 29.8 Å². The molecule has 0 aliphatic carbocycles. The second kappa shape index (κ2) is 5.68. The lowest BCUT2D eigenvalue weighted by Crippen LogP contribution is -2.44. The number of amides is 1. The minimum absolute atomic E-state index is 0.0565. The third-order valence-electron chi connectivity index (χ3n) is 2.63. The van der Waals surface area contributed by atoms with E-state index in [-0.39, 0.29) is 12.5 Å². The molecule has 94 valence electrons. The van der Waals surface area contributed by atoms with Crippen LogP contribution in [-0.4, -0.2) is 30.2 Å². The highest BCUT2D eigenvalue weighted by Gasteiger charge is 2.21. The van der Waals surface area contributed by atoms with Crippen molar-refractivity contribution in [2.24, 2.45) is 0 Å². The molecule has 3 N–H and O–H groups in total. The summed E-state index contributed by atoms with van der Waals surface area (Å²) in [5.41, 5.74) is 0.998. The van der Waals surface area contributed by atoms with E-state index in [0.717, 1.165) is 5.69 Å². The lowest BCUT2D eigenvalue weighted by molar-refractivity contribution is 0.0900. The Morgan fingerprint density at radius 2 is 2.00 bits per heavy atom. The van der Waals surface area contributed by atoms with Gasteiger partial charge in [-0.25, -0.2) is 0 Å². The molecule has 0 spiro atoms. The number of carbonyl (C=O) groups excluding carboxylic acids is 1. The predicted octanol–water partition coefficient (Wildman–Crippen LogP) is 1.62. The summed E-state index contributed by atoms with van der Waals surface area (Å²) in [4.78, 5) is 12.1. The molecule has 0 atom stereocenters. The molecule has 0 bridgehead atoms. The van der Waals surface area contributed by atoms with Crippen molar-refractivity contribution >= 4 is 11.6 Å². The molecule has 0 radical (unpaired) electrons. The van der Waals surface area contributed by atoms with Gasteiger partial charge in [0.2, 0.25) is 0 Å². The molecule has 0 aliphatic rings. The van der Waals surface area contributed by atoms with Gasteiger partial charge in [0, 0.05) is 24.9 Å². The molecule has 1 aromatic carbocycles. The Balaban J connectivity index is 2.83. The summed E-state index contributed by atoms with van der Waals surface area (Å²) >= 11 is 0. The van der Waals surface area contributed by atoms with Crippen LogP contribution in [0.4, 0.5) is 5.69 Å². The van der Waals surface area contributed by atoms with Crippen molar-refractivity contribution < 1.29 is 9.90 Å². The third kappa shape index (κ3) is 3.75. The number of carbonyl (C=O) groups is 1. The lowest BCUT2D eigenvalue weighted by atomic mass is 10.0. The van der Waals surface area contributed by atoms with E-state index >= 15 is 0 Å². The van der Waals surface area contributed by atoms with Crippen LogP contribution in [0.25, 0.3) is 0 Å². The molecular formula is C13H20N2O2. The van der Waals surface area contributed by atoms with Crippen molar-refractivity contribution in [2.75, 3.05) is 19.0 Å². The Labute approximate surface area is 102 Å². The number of rotatable bonds is 5. The fraction of sp³-hybridized carbons (Fsp3) is 0.462. The average Bonchev–Trinajstić information content (AvgIpc) is 2.28. The number of hydrogen-bond donors (Lipinski definition) is 3. The van der Waals surface area contributed by atoms with Crippen LogP contribution >= 0.6 is 0 Å². The van der Waals surface area contributed by atoms with E-state index in [1.807, 2.05) is 32.0 Å². The van der Waals surface area contributed by atoms with E-state index in [9.17, 15) is 4.79 Å². The van der Waals surface area contributed by atoms with Gasteiger partial charge in [-0.1, -0.05) is 12.1 Å². The van der Waals surface area contributed by atoms with E-state index in [1.165, 1.54) is 0 Å². The monoisotopic (exact) mass is 236 g/mol. The minimum atomic E-state index is -0.410. The van der Waals surface area contributed by atoms with Crippen LogP contribution in [-0.2, 0) is 0 Å². The van der Waals surface area contributed by atoms with Gasteiger partial charge in [0.25, 0.3) is 5.91 Å². The van der Waals surface area contributed by atoms with Gasteiger partial charge in [-0.3, -0.25) is 4.79 Å². The normalized spacial score (nSPS) is 11.1. The maximum atomic E-state index is 12.1. The van der Waals surface area contributed by atoms with Crippen molar-refractivity contribution in [3.63, 3.8) is 0 Å². The molecule has 0 fully saturated rings. The first-order valence-corrected chi connectivity index (χ1v) is 5.70. The number of aliphatic hydroxyl groups is 1. The smallest absolute Gasteiger partial charge is 0.253 e. The molecule has 4 heteroatoms.